The monoisotopic (exact) mass is 336 g/mol. The van der Waals surface area contributed by atoms with Crippen molar-refractivity contribution in [1.82, 2.24) is 9.88 Å². The molecule has 1 amide bonds. The van der Waals surface area contributed by atoms with Crippen LogP contribution >= 0.6 is 11.3 Å². The second-order valence-corrected chi connectivity index (χ2v) is 7.46. The van der Waals surface area contributed by atoms with Crippen LogP contribution in [0.5, 0.6) is 0 Å². The fourth-order valence-corrected chi connectivity index (χ4v) is 4.52. The van der Waals surface area contributed by atoms with Gasteiger partial charge in [0.25, 0.3) is 5.91 Å². The van der Waals surface area contributed by atoms with E-state index in [1.165, 1.54) is 4.70 Å². The van der Waals surface area contributed by atoms with Gasteiger partial charge in [-0.1, -0.05) is 29.8 Å². The molecule has 0 radical (unpaired) electrons. The van der Waals surface area contributed by atoms with Crippen molar-refractivity contribution < 1.29 is 4.79 Å². The van der Waals surface area contributed by atoms with Crippen LogP contribution < -0.4 is 0 Å². The Balaban J connectivity index is 1.69. The van der Waals surface area contributed by atoms with Crippen molar-refractivity contribution in [3.63, 3.8) is 0 Å². The van der Waals surface area contributed by atoms with Gasteiger partial charge in [0.15, 0.2) is 0 Å². The Labute approximate surface area is 146 Å². The van der Waals surface area contributed by atoms with E-state index in [4.69, 9.17) is 4.98 Å². The molecule has 1 saturated heterocycles. The molecule has 0 N–H and O–H groups in total. The molecular formula is C20H20N2OS. The van der Waals surface area contributed by atoms with E-state index in [2.05, 4.69) is 6.07 Å². The summed E-state index contributed by atoms with van der Waals surface area (Å²) < 4.78 is 1.20. The van der Waals surface area contributed by atoms with Crippen molar-refractivity contribution >= 4 is 27.5 Å². The lowest BCUT2D eigenvalue weighted by Crippen LogP contribution is -2.38. The van der Waals surface area contributed by atoms with Crippen LogP contribution in [0.25, 0.3) is 10.2 Å². The summed E-state index contributed by atoms with van der Waals surface area (Å²) >= 11 is 1.72. The molecule has 4 rings (SSSR count). The topological polar surface area (TPSA) is 33.2 Å². The number of likely N-dealkylation sites (tertiary alicyclic amines) is 1. The molecule has 0 bridgehead atoms. The first-order valence-electron chi connectivity index (χ1n) is 8.45. The number of fused-ring (bicyclic) bond motifs is 1. The maximum absolute atomic E-state index is 13.1. The molecule has 1 aliphatic heterocycles. The molecule has 24 heavy (non-hydrogen) atoms. The highest BCUT2D eigenvalue weighted by molar-refractivity contribution is 7.18. The van der Waals surface area contributed by atoms with E-state index in [1.807, 2.05) is 54.3 Å². The van der Waals surface area contributed by atoms with Gasteiger partial charge in [0, 0.05) is 12.1 Å². The van der Waals surface area contributed by atoms with E-state index in [9.17, 15) is 4.79 Å². The van der Waals surface area contributed by atoms with E-state index < -0.39 is 0 Å². The number of hydrogen-bond donors (Lipinski definition) is 0. The highest BCUT2D eigenvalue weighted by atomic mass is 32.1. The number of aryl methyl sites for hydroxylation is 1. The quantitative estimate of drug-likeness (QED) is 0.662. The molecule has 4 heteroatoms. The van der Waals surface area contributed by atoms with Crippen LogP contribution in [0.3, 0.4) is 0 Å². The SMILES string of the molecule is Cc1cccc(C(=O)N2CCCCC2c2nc3ccccc3s2)c1. The predicted octanol–water partition coefficient (Wildman–Crippen LogP) is 4.97. The fourth-order valence-electron chi connectivity index (χ4n) is 3.41. The number of carbonyl (C=O) groups excluding carboxylic acids is 1. The smallest absolute Gasteiger partial charge is 0.254 e. The number of aromatic nitrogens is 1. The average Bonchev–Trinajstić information content (AvgIpc) is 3.05. The predicted molar refractivity (Wildman–Crippen MR) is 98.4 cm³/mol. The maximum Gasteiger partial charge on any atom is 0.254 e. The molecule has 2 heterocycles. The van der Waals surface area contributed by atoms with Crippen molar-refractivity contribution in [1.29, 1.82) is 0 Å². The number of para-hydroxylation sites is 1. The number of hydrogen-bond acceptors (Lipinski definition) is 3. The van der Waals surface area contributed by atoms with Crippen molar-refractivity contribution in [3.05, 3.63) is 64.7 Å². The van der Waals surface area contributed by atoms with E-state index >= 15 is 0 Å². The third kappa shape index (κ3) is 2.82. The molecule has 1 unspecified atom stereocenters. The molecule has 0 saturated carbocycles. The zero-order chi connectivity index (χ0) is 16.5. The highest BCUT2D eigenvalue weighted by Gasteiger charge is 2.30. The lowest BCUT2D eigenvalue weighted by Gasteiger charge is -2.34. The Morgan fingerprint density at radius 3 is 2.88 bits per heavy atom. The minimum Gasteiger partial charge on any atom is -0.329 e. The lowest BCUT2D eigenvalue weighted by molar-refractivity contribution is 0.0611. The van der Waals surface area contributed by atoms with Crippen molar-refractivity contribution in [2.75, 3.05) is 6.54 Å². The van der Waals surface area contributed by atoms with Gasteiger partial charge in [-0.25, -0.2) is 4.98 Å². The molecule has 0 spiro atoms. The number of rotatable bonds is 2. The summed E-state index contributed by atoms with van der Waals surface area (Å²) in [5.74, 6) is 0.127. The largest absolute Gasteiger partial charge is 0.329 e. The Hall–Kier alpha value is -2.20. The van der Waals surface area contributed by atoms with Crippen LogP contribution in [0.4, 0.5) is 0 Å². The highest BCUT2D eigenvalue weighted by Crippen LogP contribution is 2.36. The van der Waals surface area contributed by atoms with Crippen molar-refractivity contribution in [3.8, 4) is 0 Å². The summed E-state index contributed by atoms with van der Waals surface area (Å²) in [6, 6.07) is 16.2. The van der Waals surface area contributed by atoms with Crippen LogP contribution in [0.15, 0.2) is 48.5 Å². The second-order valence-electron chi connectivity index (χ2n) is 6.40. The second kappa shape index (κ2) is 6.36. The summed E-state index contributed by atoms with van der Waals surface area (Å²) in [7, 11) is 0. The van der Waals surface area contributed by atoms with Gasteiger partial charge in [0.05, 0.1) is 16.3 Å². The number of amides is 1. The van der Waals surface area contributed by atoms with E-state index in [1.54, 1.807) is 11.3 Å². The number of nitrogens with zero attached hydrogens (tertiary/aromatic N) is 2. The van der Waals surface area contributed by atoms with Gasteiger partial charge in [-0.2, -0.15) is 0 Å². The first kappa shape index (κ1) is 15.3. The Bertz CT molecular complexity index is 853. The van der Waals surface area contributed by atoms with Crippen molar-refractivity contribution in [2.24, 2.45) is 0 Å². The minimum atomic E-state index is 0.101. The summed E-state index contributed by atoms with van der Waals surface area (Å²) in [5.41, 5.74) is 2.93. The number of benzene rings is 2. The number of carbonyl (C=O) groups is 1. The van der Waals surface area contributed by atoms with E-state index in [-0.39, 0.29) is 11.9 Å². The van der Waals surface area contributed by atoms with Crippen molar-refractivity contribution in [2.45, 2.75) is 32.2 Å². The van der Waals surface area contributed by atoms with Gasteiger partial charge in [-0.05, 0) is 50.5 Å². The molecule has 1 aromatic heterocycles. The van der Waals surface area contributed by atoms with Crippen LogP contribution in [0.1, 0.15) is 46.2 Å². The zero-order valence-electron chi connectivity index (χ0n) is 13.7. The first-order valence-corrected chi connectivity index (χ1v) is 9.27. The van der Waals surface area contributed by atoms with E-state index in [0.717, 1.165) is 47.5 Å². The summed E-state index contributed by atoms with van der Waals surface area (Å²) in [4.78, 5) is 19.9. The molecule has 1 atom stereocenters. The van der Waals surface area contributed by atoms with E-state index in [0.29, 0.717) is 0 Å². The first-order chi connectivity index (χ1) is 11.7. The maximum atomic E-state index is 13.1. The molecule has 0 aliphatic carbocycles. The minimum absolute atomic E-state index is 0.101. The summed E-state index contributed by atoms with van der Waals surface area (Å²) in [5, 5.41) is 1.07. The number of piperidine rings is 1. The zero-order valence-corrected chi connectivity index (χ0v) is 14.6. The average molecular weight is 336 g/mol. The Kier molecular flexibility index (Phi) is 4.07. The normalized spacial score (nSPS) is 18.0. The molecule has 1 fully saturated rings. The van der Waals surface area contributed by atoms with Crippen LogP contribution in [0, 0.1) is 6.92 Å². The lowest BCUT2D eigenvalue weighted by atomic mass is 10.0. The number of thiazole rings is 1. The fraction of sp³-hybridized carbons (Fsp3) is 0.300. The van der Waals surface area contributed by atoms with Gasteiger partial charge >= 0.3 is 0 Å². The van der Waals surface area contributed by atoms with Gasteiger partial charge < -0.3 is 4.90 Å². The molecular weight excluding hydrogens is 316 g/mol. The summed E-state index contributed by atoms with van der Waals surface area (Å²) in [6.45, 7) is 2.84. The third-order valence-electron chi connectivity index (χ3n) is 4.62. The van der Waals surface area contributed by atoms with Crippen LogP contribution in [-0.2, 0) is 0 Å². The Morgan fingerprint density at radius 2 is 2.04 bits per heavy atom. The molecule has 1 aliphatic rings. The van der Waals surface area contributed by atoms with Gasteiger partial charge in [0.2, 0.25) is 0 Å². The molecule has 2 aromatic carbocycles. The van der Waals surface area contributed by atoms with Gasteiger partial charge in [0.1, 0.15) is 5.01 Å². The van der Waals surface area contributed by atoms with Gasteiger partial charge in [-0.15, -0.1) is 11.3 Å². The summed E-state index contributed by atoms with van der Waals surface area (Å²) in [6.07, 6.45) is 3.22. The van der Waals surface area contributed by atoms with Gasteiger partial charge in [-0.3, -0.25) is 4.79 Å². The molecule has 3 aromatic rings. The third-order valence-corrected chi connectivity index (χ3v) is 5.76. The molecule has 122 valence electrons. The Morgan fingerprint density at radius 1 is 1.17 bits per heavy atom. The standard InChI is InChI=1S/C20H20N2OS/c1-14-7-6-8-15(13-14)20(23)22-12-5-4-10-17(22)19-21-16-9-2-3-11-18(16)24-19/h2-3,6-9,11,13,17H,4-5,10,12H2,1H3. The van der Waals surface area contributed by atoms with Crippen LogP contribution in [-0.4, -0.2) is 22.3 Å². The van der Waals surface area contributed by atoms with Crippen LogP contribution in [0.2, 0.25) is 0 Å². The molecule has 3 nitrogen and oxygen atoms in total.